The lowest BCUT2D eigenvalue weighted by molar-refractivity contribution is 0.111. The highest BCUT2D eigenvalue weighted by atomic mass is 35.5. The van der Waals surface area contributed by atoms with Crippen molar-refractivity contribution < 1.29 is 9.13 Å². The molecule has 0 spiro atoms. The number of hydrogen-bond acceptors (Lipinski definition) is 6. The summed E-state index contributed by atoms with van der Waals surface area (Å²) >= 11 is 0. The first kappa shape index (κ1) is 23.8. The van der Waals surface area contributed by atoms with Crippen LogP contribution in [-0.4, -0.2) is 69.8 Å². The van der Waals surface area contributed by atoms with Crippen molar-refractivity contribution in [3.8, 4) is 5.75 Å². The van der Waals surface area contributed by atoms with Crippen molar-refractivity contribution in [2.75, 3.05) is 39.8 Å². The lowest BCUT2D eigenvalue weighted by atomic mass is 10.0. The van der Waals surface area contributed by atoms with E-state index in [-0.39, 0.29) is 24.3 Å². The summed E-state index contributed by atoms with van der Waals surface area (Å²) in [5, 5.41) is 12.6. The number of methoxy groups -OCH3 is 1. The summed E-state index contributed by atoms with van der Waals surface area (Å²) in [5.74, 6) is 1.29. The molecule has 4 rings (SSSR count). The maximum absolute atomic E-state index is 13.3. The summed E-state index contributed by atoms with van der Waals surface area (Å²) in [6.45, 7) is 8.83. The SMILES string of the molecule is C=CCN1CCN(C(c2ccccc2OC)c2nnnn2Cc2ccc(F)cc2)CC1.Cl. The van der Waals surface area contributed by atoms with E-state index in [1.54, 1.807) is 23.9 Å². The summed E-state index contributed by atoms with van der Waals surface area (Å²) in [7, 11) is 1.68. The predicted octanol–water partition coefficient (Wildman–Crippen LogP) is 3.18. The molecule has 0 aliphatic carbocycles. The molecule has 1 aliphatic heterocycles. The van der Waals surface area contributed by atoms with Crippen LogP contribution in [0.2, 0.25) is 0 Å². The molecule has 7 nitrogen and oxygen atoms in total. The van der Waals surface area contributed by atoms with Crippen LogP contribution in [0.1, 0.15) is 23.0 Å². The van der Waals surface area contributed by atoms with Crippen LogP contribution in [0.4, 0.5) is 4.39 Å². The number of benzene rings is 2. The molecule has 0 amide bonds. The van der Waals surface area contributed by atoms with Gasteiger partial charge in [0.2, 0.25) is 0 Å². The average molecular weight is 459 g/mol. The number of piperazine rings is 1. The fourth-order valence-electron chi connectivity index (χ4n) is 4.06. The number of hydrogen-bond donors (Lipinski definition) is 0. The van der Waals surface area contributed by atoms with Gasteiger partial charge in [-0.25, -0.2) is 9.07 Å². The van der Waals surface area contributed by atoms with Crippen LogP contribution in [0, 0.1) is 5.82 Å². The normalized spacial score (nSPS) is 15.7. The fraction of sp³-hybridized carbons (Fsp3) is 0.348. The van der Waals surface area contributed by atoms with E-state index < -0.39 is 0 Å². The van der Waals surface area contributed by atoms with Gasteiger partial charge in [0.25, 0.3) is 0 Å². The Morgan fingerprint density at radius 3 is 2.50 bits per heavy atom. The van der Waals surface area contributed by atoms with Crippen molar-refractivity contribution in [1.29, 1.82) is 0 Å². The third-order valence-corrected chi connectivity index (χ3v) is 5.64. The maximum Gasteiger partial charge on any atom is 0.173 e. The van der Waals surface area contributed by atoms with E-state index in [2.05, 4.69) is 38.0 Å². The van der Waals surface area contributed by atoms with E-state index in [0.717, 1.165) is 55.4 Å². The molecule has 3 aromatic rings. The number of aromatic nitrogens is 4. The van der Waals surface area contributed by atoms with Crippen LogP contribution in [0.3, 0.4) is 0 Å². The van der Waals surface area contributed by atoms with Gasteiger partial charge in [0.1, 0.15) is 17.6 Å². The smallest absolute Gasteiger partial charge is 0.173 e. The lowest BCUT2D eigenvalue weighted by Crippen LogP contribution is -2.48. The predicted molar refractivity (Wildman–Crippen MR) is 124 cm³/mol. The minimum atomic E-state index is -0.259. The van der Waals surface area contributed by atoms with E-state index >= 15 is 0 Å². The molecule has 9 heteroatoms. The fourth-order valence-corrected chi connectivity index (χ4v) is 4.06. The van der Waals surface area contributed by atoms with Gasteiger partial charge in [-0.1, -0.05) is 36.4 Å². The van der Waals surface area contributed by atoms with Crippen molar-refractivity contribution in [2.24, 2.45) is 0 Å². The maximum atomic E-state index is 13.3. The van der Waals surface area contributed by atoms with Crippen LogP contribution in [0.25, 0.3) is 0 Å². The van der Waals surface area contributed by atoms with Crippen LogP contribution in [-0.2, 0) is 6.54 Å². The van der Waals surface area contributed by atoms with Crippen molar-refractivity contribution in [3.63, 3.8) is 0 Å². The van der Waals surface area contributed by atoms with E-state index in [0.29, 0.717) is 6.54 Å². The van der Waals surface area contributed by atoms with Crippen LogP contribution in [0.15, 0.2) is 61.2 Å². The van der Waals surface area contributed by atoms with Gasteiger partial charge in [-0.05, 0) is 34.2 Å². The molecule has 2 aromatic carbocycles. The van der Waals surface area contributed by atoms with Gasteiger partial charge in [0.05, 0.1) is 13.7 Å². The molecule has 1 fully saturated rings. The second-order valence-corrected chi connectivity index (χ2v) is 7.59. The molecule has 0 N–H and O–H groups in total. The molecule has 0 bridgehead atoms. The first-order valence-corrected chi connectivity index (χ1v) is 10.4. The summed E-state index contributed by atoms with van der Waals surface area (Å²) in [5.41, 5.74) is 1.96. The van der Waals surface area contributed by atoms with Crippen LogP contribution in [0.5, 0.6) is 5.75 Å². The average Bonchev–Trinajstić information content (AvgIpc) is 3.25. The molecular weight excluding hydrogens is 431 g/mol. The van der Waals surface area contributed by atoms with Gasteiger partial charge in [-0.2, -0.15) is 0 Å². The number of tetrazole rings is 1. The number of ether oxygens (including phenoxy) is 1. The Balaban J connectivity index is 0.00000289. The largest absolute Gasteiger partial charge is 0.496 e. The molecule has 1 saturated heterocycles. The highest BCUT2D eigenvalue weighted by molar-refractivity contribution is 5.85. The minimum absolute atomic E-state index is 0. The second kappa shape index (κ2) is 11.2. The Morgan fingerprint density at radius 2 is 1.81 bits per heavy atom. The summed E-state index contributed by atoms with van der Waals surface area (Å²) in [6.07, 6.45) is 1.94. The number of para-hydroxylation sites is 1. The van der Waals surface area contributed by atoms with Crippen molar-refractivity contribution in [3.05, 3.63) is 84.0 Å². The van der Waals surface area contributed by atoms with Crippen molar-refractivity contribution >= 4 is 12.4 Å². The highest BCUT2D eigenvalue weighted by Crippen LogP contribution is 2.34. The first-order valence-electron chi connectivity index (χ1n) is 10.4. The van der Waals surface area contributed by atoms with Crippen molar-refractivity contribution in [1.82, 2.24) is 30.0 Å². The Labute approximate surface area is 193 Å². The first-order chi connectivity index (χ1) is 15.2. The second-order valence-electron chi connectivity index (χ2n) is 7.59. The number of nitrogens with zero attached hydrogens (tertiary/aromatic N) is 6. The zero-order chi connectivity index (χ0) is 21.6. The Bertz CT molecular complexity index is 1000. The van der Waals surface area contributed by atoms with Crippen LogP contribution >= 0.6 is 12.4 Å². The van der Waals surface area contributed by atoms with E-state index in [1.807, 2.05) is 24.3 Å². The molecular formula is C23H28ClFN6O. The van der Waals surface area contributed by atoms with Gasteiger partial charge >= 0.3 is 0 Å². The number of rotatable bonds is 8. The lowest BCUT2D eigenvalue weighted by Gasteiger charge is -2.38. The standard InChI is InChI=1S/C23H27FN6O.ClH/c1-3-12-28-13-15-29(16-14-28)22(20-6-4-5-7-21(20)31-2)23-25-26-27-30(23)17-18-8-10-19(24)11-9-18;/h3-11,22H,1,12-17H2,2H3;1H. The number of halogens is 2. The molecule has 2 heterocycles. The summed E-state index contributed by atoms with van der Waals surface area (Å²) in [4.78, 5) is 4.77. The molecule has 0 saturated carbocycles. The molecule has 1 aromatic heterocycles. The Hall–Kier alpha value is -2.81. The topological polar surface area (TPSA) is 59.3 Å². The Morgan fingerprint density at radius 1 is 1.09 bits per heavy atom. The molecule has 1 atom stereocenters. The van der Waals surface area contributed by atoms with E-state index in [9.17, 15) is 4.39 Å². The zero-order valence-electron chi connectivity index (χ0n) is 18.1. The Kier molecular flexibility index (Phi) is 8.33. The van der Waals surface area contributed by atoms with Gasteiger partial charge in [-0.3, -0.25) is 9.80 Å². The van der Waals surface area contributed by atoms with Gasteiger partial charge in [-0.15, -0.1) is 24.1 Å². The molecule has 1 unspecified atom stereocenters. The molecule has 170 valence electrons. The van der Waals surface area contributed by atoms with E-state index in [1.165, 1.54) is 12.1 Å². The minimum Gasteiger partial charge on any atom is -0.496 e. The third kappa shape index (κ3) is 5.32. The highest BCUT2D eigenvalue weighted by Gasteiger charge is 2.32. The molecule has 0 radical (unpaired) electrons. The quantitative estimate of drug-likeness (QED) is 0.483. The third-order valence-electron chi connectivity index (χ3n) is 5.64. The summed E-state index contributed by atoms with van der Waals surface area (Å²) in [6, 6.07) is 14.3. The monoisotopic (exact) mass is 458 g/mol. The van der Waals surface area contributed by atoms with Gasteiger partial charge in [0.15, 0.2) is 5.82 Å². The van der Waals surface area contributed by atoms with Gasteiger partial charge in [0, 0.05) is 38.3 Å². The van der Waals surface area contributed by atoms with Gasteiger partial charge < -0.3 is 4.74 Å². The zero-order valence-corrected chi connectivity index (χ0v) is 18.9. The van der Waals surface area contributed by atoms with E-state index in [4.69, 9.17) is 4.74 Å². The van der Waals surface area contributed by atoms with Crippen LogP contribution < -0.4 is 4.74 Å². The summed E-state index contributed by atoms with van der Waals surface area (Å²) < 4.78 is 20.8. The van der Waals surface area contributed by atoms with Crippen molar-refractivity contribution in [2.45, 2.75) is 12.6 Å². The molecule has 1 aliphatic rings. The molecule has 32 heavy (non-hydrogen) atoms.